The molecule has 0 rings (SSSR count). The molecule has 0 fully saturated rings. The van der Waals surface area contributed by atoms with Crippen molar-refractivity contribution >= 4 is 11.9 Å². The van der Waals surface area contributed by atoms with Crippen LogP contribution >= 0.6 is 0 Å². The standard InChI is InChI=1S/C57H103NO5/c1-4-7-10-13-16-19-22-25-26-27-28-29-30-32-35-38-41-44-47-50-57(62)63-53(48-45-42-39-36-33-24-21-18-15-12-9-6-3)51-56(61)58-54(52-59)55(60)49-46-43-40-37-34-31-23-20-17-14-11-8-5-2/h9,12,16,18-19,21,25-26,28-29,53-55,59-60H,4-8,10-11,13-15,17,20,22-24,27,30-52H2,1-3H3,(H,58,61)/b12-9+,19-16-,21-18+,26-25-,29-28-. The van der Waals surface area contributed by atoms with Gasteiger partial charge in [-0.25, -0.2) is 0 Å². The summed E-state index contributed by atoms with van der Waals surface area (Å²) in [6, 6.07) is -0.710. The van der Waals surface area contributed by atoms with Crippen LogP contribution in [0, 0.1) is 0 Å². The van der Waals surface area contributed by atoms with Crippen molar-refractivity contribution in [1.29, 1.82) is 0 Å². The first-order chi connectivity index (χ1) is 31.0. The van der Waals surface area contributed by atoms with Gasteiger partial charge in [-0.3, -0.25) is 9.59 Å². The Bertz CT molecular complexity index is 1130. The number of esters is 1. The lowest BCUT2D eigenvalue weighted by Gasteiger charge is -2.24. The number of hydrogen-bond donors (Lipinski definition) is 3. The summed E-state index contributed by atoms with van der Waals surface area (Å²) < 4.78 is 5.93. The first-order valence-corrected chi connectivity index (χ1v) is 27.0. The quantitative estimate of drug-likeness (QED) is 0.0321. The van der Waals surface area contributed by atoms with Crippen LogP contribution in [-0.2, 0) is 14.3 Å². The maximum Gasteiger partial charge on any atom is 0.306 e. The van der Waals surface area contributed by atoms with Gasteiger partial charge in [-0.1, -0.05) is 223 Å². The smallest absolute Gasteiger partial charge is 0.306 e. The van der Waals surface area contributed by atoms with Crippen LogP contribution in [0.5, 0.6) is 0 Å². The zero-order valence-electron chi connectivity index (χ0n) is 41.7. The number of nitrogens with one attached hydrogen (secondary N) is 1. The Kier molecular flexibility index (Phi) is 48.6. The Morgan fingerprint density at radius 2 is 0.857 bits per heavy atom. The summed E-state index contributed by atoms with van der Waals surface area (Å²) in [5.41, 5.74) is 0. The maximum atomic E-state index is 13.2. The highest BCUT2D eigenvalue weighted by atomic mass is 16.5. The molecule has 3 N–H and O–H groups in total. The van der Waals surface area contributed by atoms with Crippen LogP contribution < -0.4 is 5.32 Å². The number of carbonyl (C=O) groups is 2. The molecule has 366 valence electrons. The van der Waals surface area contributed by atoms with E-state index < -0.39 is 18.2 Å². The number of aliphatic hydroxyl groups is 2. The number of amides is 1. The predicted octanol–water partition coefficient (Wildman–Crippen LogP) is 16.4. The van der Waals surface area contributed by atoms with E-state index in [1.165, 1.54) is 122 Å². The van der Waals surface area contributed by atoms with Crippen LogP contribution in [-0.4, -0.2) is 46.9 Å². The molecule has 0 heterocycles. The molecule has 0 saturated carbocycles. The fourth-order valence-electron chi connectivity index (χ4n) is 8.00. The second-order valence-electron chi connectivity index (χ2n) is 18.2. The fourth-order valence-corrected chi connectivity index (χ4v) is 8.00. The van der Waals surface area contributed by atoms with E-state index in [1.54, 1.807) is 0 Å². The summed E-state index contributed by atoms with van der Waals surface area (Å²) in [7, 11) is 0. The molecule has 6 heteroatoms. The third-order valence-corrected chi connectivity index (χ3v) is 12.1. The van der Waals surface area contributed by atoms with Gasteiger partial charge in [0.15, 0.2) is 0 Å². The predicted molar refractivity (Wildman–Crippen MR) is 273 cm³/mol. The van der Waals surface area contributed by atoms with E-state index in [0.717, 1.165) is 96.3 Å². The number of allylic oxidation sites excluding steroid dienone is 10. The maximum absolute atomic E-state index is 13.2. The van der Waals surface area contributed by atoms with Gasteiger partial charge in [0.2, 0.25) is 5.91 Å². The summed E-state index contributed by atoms with van der Waals surface area (Å²) in [5.74, 6) is -0.499. The molecule has 0 aliphatic carbocycles. The molecular weight excluding hydrogens is 779 g/mol. The normalized spacial score (nSPS) is 13.7. The lowest BCUT2D eigenvalue weighted by Crippen LogP contribution is -2.46. The molecule has 0 radical (unpaired) electrons. The molecule has 1 amide bonds. The number of ether oxygens (including phenoxy) is 1. The SMILES string of the molecule is CC/C=C/C/C=C/CCCCCCCC(CC(=O)NC(CO)C(O)CCCCCCCCCCCCCCC)OC(=O)CCCCCCCC/C=C\C/C=C\C/C=C\CCCCC. The molecule has 0 aliphatic heterocycles. The molecule has 0 saturated heterocycles. The summed E-state index contributed by atoms with van der Waals surface area (Å²) in [4.78, 5) is 26.2. The van der Waals surface area contributed by atoms with E-state index in [-0.39, 0.29) is 24.9 Å². The van der Waals surface area contributed by atoms with Gasteiger partial charge >= 0.3 is 5.97 Å². The summed E-state index contributed by atoms with van der Waals surface area (Å²) in [6.45, 7) is 6.35. The van der Waals surface area contributed by atoms with E-state index in [1.807, 2.05) is 0 Å². The topological polar surface area (TPSA) is 95.9 Å². The molecule has 3 atom stereocenters. The van der Waals surface area contributed by atoms with Crippen molar-refractivity contribution < 1.29 is 24.5 Å². The van der Waals surface area contributed by atoms with Crippen molar-refractivity contribution in [3.8, 4) is 0 Å². The zero-order valence-corrected chi connectivity index (χ0v) is 41.7. The molecule has 0 aliphatic rings. The van der Waals surface area contributed by atoms with Gasteiger partial charge in [0.1, 0.15) is 6.10 Å². The van der Waals surface area contributed by atoms with Crippen molar-refractivity contribution in [2.24, 2.45) is 0 Å². The van der Waals surface area contributed by atoms with Crippen molar-refractivity contribution in [1.82, 2.24) is 5.32 Å². The van der Waals surface area contributed by atoms with E-state index in [2.05, 4.69) is 86.8 Å². The van der Waals surface area contributed by atoms with Crippen molar-refractivity contribution in [2.45, 2.75) is 283 Å². The molecule has 0 aromatic carbocycles. The van der Waals surface area contributed by atoms with Crippen molar-refractivity contribution in [3.05, 3.63) is 60.8 Å². The van der Waals surface area contributed by atoms with Crippen molar-refractivity contribution in [3.63, 3.8) is 0 Å². The lowest BCUT2D eigenvalue weighted by molar-refractivity contribution is -0.151. The minimum atomic E-state index is -0.795. The minimum absolute atomic E-state index is 0.0617. The number of carbonyl (C=O) groups excluding carboxylic acids is 2. The third-order valence-electron chi connectivity index (χ3n) is 12.1. The van der Waals surface area contributed by atoms with Gasteiger partial charge in [-0.05, 0) is 89.9 Å². The minimum Gasteiger partial charge on any atom is -0.462 e. The highest BCUT2D eigenvalue weighted by Crippen LogP contribution is 2.18. The highest BCUT2D eigenvalue weighted by molar-refractivity contribution is 5.77. The molecule has 63 heavy (non-hydrogen) atoms. The van der Waals surface area contributed by atoms with Crippen LogP contribution in [0.4, 0.5) is 0 Å². The molecule has 0 aromatic rings. The second kappa shape index (κ2) is 50.6. The Labute approximate surface area is 390 Å². The van der Waals surface area contributed by atoms with Gasteiger partial charge in [0.05, 0.1) is 25.2 Å². The highest BCUT2D eigenvalue weighted by Gasteiger charge is 2.24. The van der Waals surface area contributed by atoms with Gasteiger partial charge < -0.3 is 20.3 Å². The van der Waals surface area contributed by atoms with Crippen LogP contribution in [0.2, 0.25) is 0 Å². The average Bonchev–Trinajstić information content (AvgIpc) is 3.28. The Morgan fingerprint density at radius 3 is 1.33 bits per heavy atom. The second-order valence-corrected chi connectivity index (χ2v) is 18.2. The fraction of sp³-hybridized carbons (Fsp3) is 0.789. The number of aliphatic hydroxyl groups excluding tert-OH is 2. The monoisotopic (exact) mass is 882 g/mol. The summed E-state index contributed by atoms with van der Waals surface area (Å²) >= 11 is 0. The van der Waals surface area contributed by atoms with Gasteiger partial charge in [-0.2, -0.15) is 0 Å². The van der Waals surface area contributed by atoms with Crippen LogP contribution in [0.15, 0.2) is 60.8 Å². The third kappa shape index (κ3) is 45.9. The Morgan fingerprint density at radius 1 is 0.476 bits per heavy atom. The number of hydrogen-bond acceptors (Lipinski definition) is 5. The van der Waals surface area contributed by atoms with E-state index in [4.69, 9.17) is 4.74 Å². The first kappa shape index (κ1) is 60.6. The lowest BCUT2D eigenvalue weighted by atomic mass is 10.0. The van der Waals surface area contributed by atoms with Gasteiger partial charge in [0.25, 0.3) is 0 Å². The molecule has 0 bridgehead atoms. The number of unbranched alkanes of at least 4 members (excludes halogenated alkanes) is 26. The molecule has 0 spiro atoms. The van der Waals surface area contributed by atoms with Crippen molar-refractivity contribution in [2.75, 3.05) is 6.61 Å². The Hall–Kier alpha value is -2.44. The van der Waals surface area contributed by atoms with E-state index in [0.29, 0.717) is 19.3 Å². The molecular formula is C57H103NO5. The van der Waals surface area contributed by atoms with E-state index in [9.17, 15) is 19.8 Å². The summed E-state index contributed by atoms with van der Waals surface area (Å²) in [6.07, 6.45) is 62.8. The van der Waals surface area contributed by atoms with Gasteiger partial charge in [0, 0.05) is 6.42 Å². The number of rotatable bonds is 48. The molecule has 3 unspecified atom stereocenters. The zero-order chi connectivity index (χ0) is 45.9. The summed E-state index contributed by atoms with van der Waals surface area (Å²) in [5, 5.41) is 23.8. The molecule has 6 nitrogen and oxygen atoms in total. The largest absolute Gasteiger partial charge is 0.462 e. The Balaban J connectivity index is 4.55. The van der Waals surface area contributed by atoms with Crippen LogP contribution in [0.1, 0.15) is 265 Å². The van der Waals surface area contributed by atoms with Crippen LogP contribution in [0.3, 0.4) is 0 Å². The first-order valence-electron chi connectivity index (χ1n) is 27.0. The van der Waals surface area contributed by atoms with Crippen LogP contribution in [0.25, 0.3) is 0 Å². The van der Waals surface area contributed by atoms with Gasteiger partial charge in [-0.15, -0.1) is 0 Å². The average molecular weight is 882 g/mol. The molecule has 0 aromatic heterocycles. The van der Waals surface area contributed by atoms with E-state index >= 15 is 0 Å².